The monoisotopic (exact) mass is 302 g/mol. The lowest BCUT2D eigenvalue weighted by Gasteiger charge is -2.11. The van der Waals surface area contributed by atoms with Gasteiger partial charge in [0.2, 0.25) is 5.91 Å². The fourth-order valence-corrected chi connectivity index (χ4v) is 2.69. The molecule has 1 aliphatic heterocycles. The zero-order valence-electron chi connectivity index (χ0n) is 11.4. The van der Waals surface area contributed by atoms with Crippen molar-refractivity contribution in [3.8, 4) is 5.75 Å². The maximum Gasteiger partial charge on any atom is 0.248 e. The van der Waals surface area contributed by atoms with Gasteiger partial charge in [0.1, 0.15) is 5.75 Å². The van der Waals surface area contributed by atoms with Crippen molar-refractivity contribution in [2.75, 3.05) is 11.9 Å². The Morgan fingerprint density at radius 2 is 2.05 bits per heavy atom. The lowest BCUT2D eigenvalue weighted by atomic mass is 10.1. The fraction of sp³-hybridized carbons (Fsp3) is 0.188. The largest absolute Gasteiger partial charge is 0.493 e. The SMILES string of the molecule is NC(=O)c1ccc(NCc2cc(Cl)cc3c2OCC3)cc1. The van der Waals surface area contributed by atoms with Crippen molar-refractivity contribution in [3.63, 3.8) is 0 Å². The summed E-state index contributed by atoms with van der Waals surface area (Å²) in [5.41, 5.74) is 8.81. The molecule has 4 nitrogen and oxygen atoms in total. The van der Waals surface area contributed by atoms with Gasteiger partial charge in [0.05, 0.1) is 6.61 Å². The number of anilines is 1. The summed E-state index contributed by atoms with van der Waals surface area (Å²) in [6.45, 7) is 1.31. The number of nitrogens with two attached hydrogens (primary N) is 1. The van der Waals surface area contributed by atoms with E-state index in [2.05, 4.69) is 5.32 Å². The van der Waals surface area contributed by atoms with E-state index in [9.17, 15) is 4.79 Å². The maximum atomic E-state index is 11.0. The summed E-state index contributed by atoms with van der Waals surface area (Å²) in [4.78, 5) is 11.0. The van der Waals surface area contributed by atoms with Gasteiger partial charge >= 0.3 is 0 Å². The minimum Gasteiger partial charge on any atom is -0.493 e. The molecule has 108 valence electrons. The van der Waals surface area contributed by atoms with Gasteiger partial charge in [0, 0.05) is 34.8 Å². The first-order chi connectivity index (χ1) is 10.1. The average molecular weight is 303 g/mol. The van der Waals surface area contributed by atoms with Crippen molar-refractivity contribution in [1.29, 1.82) is 0 Å². The number of benzene rings is 2. The molecule has 0 saturated heterocycles. The summed E-state index contributed by atoms with van der Waals surface area (Å²) in [7, 11) is 0. The van der Waals surface area contributed by atoms with Crippen LogP contribution in [0.4, 0.5) is 5.69 Å². The highest BCUT2D eigenvalue weighted by Crippen LogP contribution is 2.33. The van der Waals surface area contributed by atoms with Crippen molar-refractivity contribution in [2.45, 2.75) is 13.0 Å². The van der Waals surface area contributed by atoms with Crippen LogP contribution < -0.4 is 15.8 Å². The van der Waals surface area contributed by atoms with E-state index in [-0.39, 0.29) is 0 Å². The Morgan fingerprint density at radius 1 is 1.29 bits per heavy atom. The Balaban J connectivity index is 1.75. The number of fused-ring (bicyclic) bond motifs is 1. The van der Waals surface area contributed by atoms with E-state index in [1.165, 1.54) is 0 Å². The van der Waals surface area contributed by atoms with Crippen LogP contribution in [-0.4, -0.2) is 12.5 Å². The Hall–Kier alpha value is -2.20. The predicted octanol–water partition coefficient (Wildman–Crippen LogP) is 2.99. The van der Waals surface area contributed by atoms with Gasteiger partial charge in [0.25, 0.3) is 0 Å². The number of rotatable bonds is 4. The van der Waals surface area contributed by atoms with E-state index in [0.29, 0.717) is 18.7 Å². The smallest absolute Gasteiger partial charge is 0.248 e. The lowest BCUT2D eigenvalue weighted by molar-refractivity contribution is 0.100. The molecule has 1 amide bonds. The summed E-state index contributed by atoms with van der Waals surface area (Å²) < 4.78 is 5.66. The molecule has 2 aromatic rings. The minimum atomic E-state index is -0.428. The molecule has 3 rings (SSSR count). The van der Waals surface area contributed by atoms with E-state index >= 15 is 0 Å². The first-order valence-electron chi connectivity index (χ1n) is 6.71. The molecule has 2 aromatic carbocycles. The molecule has 0 saturated carbocycles. The molecule has 0 radical (unpaired) electrons. The quantitative estimate of drug-likeness (QED) is 0.912. The zero-order chi connectivity index (χ0) is 14.8. The molecule has 21 heavy (non-hydrogen) atoms. The summed E-state index contributed by atoms with van der Waals surface area (Å²) in [6, 6.07) is 10.9. The molecule has 5 heteroatoms. The highest BCUT2D eigenvalue weighted by Gasteiger charge is 2.17. The second-order valence-corrected chi connectivity index (χ2v) is 5.38. The van der Waals surface area contributed by atoms with Gasteiger partial charge in [-0.05, 0) is 42.0 Å². The minimum absolute atomic E-state index is 0.428. The van der Waals surface area contributed by atoms with E-state index in [4.69, 9.17) is 22.1 Å². The van der Waals surface area contributed by atoms with E-state index < -0.39 is 5.91 Å². The molecule has 3 N–H and O–H groups in total. The van der Waals surface area contributed by atoms with Crippen LogP contribution in [0.1, 0.15) is 21.5 Å². The van der Waals surface area contributed by atoms with Crippen LogP contribution in [0.5, 0.6) is 5.75 Å². The highest BCUT2D eigenvalue weighted by atomic mass is 35.5. The normalized spacial score (nSPS) is 12.6. The highest BCUT2D eigenvalue weighted by molar-refractivity contribution is 6.30. The fourth-order valence-electron chi connectivity index (χ4n) is 2.43. The van der Waals surface area contributed by atoms with Gasteiger partial charge in [-0.1, -0.05) is 11.6 Å². The Bertz CT molecular complexity index is 683. The third-order valence-corrected chi connectivity index (χ3v) is 3.70. The van der Waals surface area contributed by atoms with Crippen molar-refractivity contribution in [2.24, 2.45) is 5.73 Å². The van der Waals surface area contributed by atoms with Crippen molar-refractivity contribution < 1.29 is 9.53 Å². The molecule has 1 heterocycles. The lowest BCUT2D eigenvalue weighted by Crippen LogP contribution is -2.10. The Kier molecular flexibility index (Phi) is 3.71. The third kappa shape index (κ3) is 2.95. The second kappa shape index (κ2) is 5.66. The Labute approximate surface area is 127 Å². The summed E-state index contributed by atoms with van der Waals surface area (Å²) in [6.07, 6.45) is 0.899. The van der Waals surface area contributed by atoms with Crippen molar-refractivity contribution >= 4 is 23.2 Å². The summed E-state index contributed by atoms with van der Waals surface area (Å²) in [5.74, 6) is 0.503. The van der Waals surface area contributed by atoms with Crippen LogP contribution in [0.15, 0.2) is 36.4 Å². The molecule has 1 aliphatic rings. The molecule has 0 aliphatic carbocycles. The van der Waals surface area contributed by atoms with Crippen molar-refractivity contribution in [1.82, 2.24) is 0 Å². The van der Waals surface area contributed by atoms with Crippen LogP contribution in [0.3, 0.4) is 0 Å². The summed E-state index contributed by atoms with van der Waals surface area (Å²) >= 11 is 6.13. The number of primary amides is 1. The number of hydrogen-bond acceptors (Lipinski definition) is 3. The van der Waals surface area contributed by atoms with E-state index in [1.807, 2.05) is 24.3 Å². The Morgan fingerprint density at radius 3 is 2.76 bits per heavy atom. The zero-order valence-corrected chi connectivity index (χ0v) is 12.1. The van der Waals surface area contributed by atoms with Crippen LogP contribution in [0.2, 0.25) is 5.02 Å². The van der Waals surface area contributed by atoms with E-state index in [1.54, 1.807) is 12.1 Å². The first-order valence-corrected chi connectivity index (χ1v) is 7.09. The molecule has 0 spiro atoms. The molecular weight excluding hydrogens is 288 g/mol. The number of carbonyl (C=O) groups is 1. The molecule has 0 aromatic heterocycles. The molecule has 0 fully saturated rings. The van der Waals surface area contributed by atoms with E-state index in [0.717, 1.165) is 34.0 Å². The molecular formula is C16H15ClN2O2. The number of ether oxygens (including phenoxy) is 1. The summed E-state index contributed by atoms with van der Waals surface area (Å²) in [5, 5.41) is 4.02. The van der Waals surface area contributed by atoms with Gasteiger partial charge in [-0.2, -0.15) is 0 Å². The van der Waals surface area contributed by atoms with Gasteiger partial charge in [0.15, 0.2) is 0 Å². The number of halogens is 1. The van der Waals surface area contributed by atoms with Crippen LogP contribution in [-0.2, 0) is 13.0 Å². The number of carbonyl (C=O) groups excluding carboxylic acids is 1. The van der Waals surface area contributed by atoms with Crippen LogP contribution in [0, 0.1) is 0 Å². The van der Waals surface area contributed by atoms with Gasteiger partial charge in [-0.15, -0.1) is 0 Å². The molecule has 0 atom stereocenters. The third-order valence-electron chi connectivity index (χ3n) is 3.48. The van der Waals surface area contributed by atoms with Gasteiger partial charge in [-0.25, -0.2) is 0 Å². The van der Waals surface area contributed by atoms with Crippen molar-refractivity contribution in [3.05, 3.63) is 58.1 Å². The van der Waals surface area contributed by atoms with Crippen LogP contribution in [0.25, 0.3) is 0 Å². The van der Waals surface area contributed by atoms with Gasteiger partial charge in [-0.3, -0.25) is 4.79 Å². The standard InChI is InChI=1S/C16H15ClN2O2/c17-13-7-11-5-6-21-15(11)12(8-13)9-19-14-3-1-10(2-4-14)16(18)20/h1-4,7-8,19H,5-6,9H2,(H2,18,20). The number of amides is 1. The first kappa shape index (κ1) is 13.8. The predicted molar refractivity (Wildman–Crippen MR) is 82.9 cm³/mol. The molecule has 0 bridgehead atoms. The number of hydrogen-bond donors (Lipinski definition) is 2. The molecule has 0 unspecified atom stereocenters. The average Bonchev–Trinajstić information content (AvgIpc) is 2.93. The maximum absolute atomic E-state index is 11.0. The number of nitrogens with one attached hydrogen (secondary N) is 1. The second-order valence-electron chi connectivity index (χ2n) is 4.95. The topological polar surface area (TPSA) is 64.4 Å². The van der Waals surface area contributed by atoms with Crippen LogP contribution >= 0.6 is 11.6 Å². The van der Waals surface area contributed by atoms with Gasteiger partial charge < -0.3 is 15.8 Å².